The number of rotatable bonds is 3. The zero-order valence-corrected chi connectivity index (χ0v) is 15.2. The molecule has 0 bridgehead atoms. The molecule has 0 radical (unpaired) electrons. The van der Waals surface area contributed by atoms with Crippen LogP contribution in [0.25, 0.3) is 0 Å². The number of hydrogen-bond acceptors (Lipinski definition) is 7. The summed E-state index contributed by atoms with van der Waals surface area (Å²) in [7, 11) is 0. The van der Waals surface area contributed by atoms with E-state index in [0.29, 0.717) is 11.5 Å². The van der Waals surface area contributed by atoms with E-state index in [-0.39, 0.29) is 17.7 Å². The van der Waals surface area contributed by atoms with E-state index in [4.69, 9.17) is 14.3 Å². The van der Waals surface area contributed by atoms with Gasteiger partial charge >= 0.3 is 12.1 Å². The number of nitrogens with one attached hydrogen (secondary N) is 1. The molecule has 1 saturated heterocycles. The van der Waals surface area contributed by atoms with Crippen LogP contribution in [-0.4, -0.2) is 53.3 Å². The third-order valence-electron chi connectivity index (χ3n) is 3.96. The third kappa shape index (κ3) is 3.92. The van der Waals surface area contributed by atoms with Crippen molar-refractivity contribution in [2.24, 2.45) is 0 Å². The van der Waals surface area contributed by atoms with E-state index >= 15 is 0 Å². The van der Waals surface area contributed by atoms with Gasteiger partial charge in [-0.25, -0.2) is 9.59 Å². The number of amides is 3. The molecule has 0 aliphatic carbocycles. The zero-order valence-electron chi connectivity index (χ0n) is 15.2. The van der Waals surface area contributed by atoms with E-state index in [2.05, 4.69) is 5.32 Å². The third-order valence-corrected chi connectivity index (χ3v) is 3.96. The van der Waals surface area contributed by atoms with Crippen LogP contribution in [0, 0.1) is 0 Å². The predicted molar refractivity (Wildman–Crippen MR) is 90.5 cm³/mol. The van der Waals surface area contributed by atoms with Crippen molar-refractivity contribution in [2.45, 2.75) is 44.9 Å². The molecule has 0 spiro atoms. The van der Waals surface area contributed by atoms with Crippen molar-refractivity contribution in [3.05, 3.63) is 35.4 Å². The summed E-state index contributed by atoms with van der Waals surface area (Å²) in [5.74, 6) is -2.39. The Morgan fingerprint density at radius 1 is 1.15 bits per heavy atom. The average Bonchev–Trinajstić information content (AvgIpc) is 3.12. The molecule has 1 fully saturated rings. The normalized spacial score (nSPS) is 21.8. The first kappa shape index (κ1) is 18.8. The molecule has 9 heteroatoms. The predicted octanol–water partition coefficient (Wildman–Crippen LogP) is 1.42. The topological polar surface area (TPSA) is 111 Å². The summed E-state index contributed by atoms with van der Waals surface area (Å²) in [4.78, 5) is 53.9. The summed E-state index contributed by atoms with van der Waals surface area (Å²) >= 11 is 0. The van der Waals surface area contributed by atoms with Crippen molar-refractivity contribution >= 4 is 23.9 Å². The van der Waals surface area contributed by atoms with Crippen LogP contribution < -0.4 is 5.32 Å². The molecule has 1 aromatic carbocycles. The largest absolute Gasteiger partial charge is 0.444 e. The lowest BCUT2D eigenvalue weighted by molar-refractivity contribution is -0.179. The van der Waals surface area contributed by atoms with E-state index in [9.17, 15) is 19.2 Å². The van der Waals surface area contributed by atoms with Gasteiger partial charge in [0.15, 0.2) is 6.10 Å². The molecule has 2 aliphatic heterocycles. The molecule has 2 heterocycles. The molecule has 0 unspecified atom stereocenters. The number of alkyl carbamates (subject to hydrolysis) is 1. The van der Waals surface area contributed by atoms with Crippen LogP contribution in [0.4, 0.5) is 4.79 Å². The minimum absolute atomic E-state index is 0.158. The monoisotopic (exact) mass is 376 g/mol. The lowest BCUT2D eigenvalue weighted by Crippen LogP contribution is -2.48. The molecule has 2 aliphatic rings. The van der Waals surface area contributed by atoms with Crippen LogP contribution in [0.2, 0.25) is 0 Å². The summed E-state index contributed by atoms with van der Waals surface area (Å²) < 4.78 is 10.5. The highest BCUT2D eigenvalue weighted by molar-refractivity contribution is 6.20. The number of nitrogens with zero attached hydrogens (tertiary/aromatic N) is 1. The first-order valence-electron chi connectivity index (χ1n) is 8.48. The van der Waals surface area contributed by atoms with Crippen molar-refractivity contribution in [1.82, 2.24) is 10.4 Å². The van der Waals surface area contributed by atoms with E-state index in [1.807, 2.05) is 0 Å². The van der Waals surface area contributed by atoms with Gasteiger partial charge in [0.05, 0.1) is 17.2 Å². The van der Waals surface area contributed by atoms with Crippen LogP contribution >= 0.6 is 0 Å². The Bertz CT molecular complexity index is 764. The molecule has 144 valence electrons. The van der Waals surface area contributed by atoms with Crippen molar-refractivity contribution < 1.29 is 33.5 Å². The highest BCUT2D eigenvalue weighted by atomic mass is 16.7. The number of ether oxygens (including phenoxy) is 2. The van der Waals surface area contributed by atoms with E-state index in [1.54, 1.807) is 32.9 Å². The number of carbonyl (C=O) groups excluding carboxylic acids is 4. The maximum absolute atomic E-state index is 12.4. The highest BCUT2D eigenvalue weighted by Crippen LogP contribution is 2.24. The summed E-state index contributed by atoms with van der Waals surface area (Å²) in [6.07, 6.45) is -1.49. The average molecular weight is 376 g/mol. The van der Waals surface area contributed by atoms with Gasteiger partial charge < -0.3 is 19.6 Å². The lowest BCUT2D eigenvalue weighted by atomic mass is 10.1. The maximum Gasteiger partial charge on any atom is 0.407 e. The number of hydroxylamine groups is 2. The smallest absolute Gasteiger partial charge is 0.407 e. The summed E-state index contributed by atoms with van der Waals surface area (Å²) in [6, 6.07) is 5.47. The van der Waals surface area contributed by atoms with Gasteiger partial charge in [-0.1, -0.05) is 17.2 Å². The highest BCUT2D eigenvalue weighted by Gasteiger charge is 2.43. The Balaban J connectivity index is 1.65. The quantitative estimate of drug-likeness (QED) is 0.794. The minimum Gasteiger partial charge on any atom is -0.444 e. The van der Waals surface area contributed by atoms with Crippen molar-refractivity contribution in [3.8, 4) is 0 Å². The molecule has 3 rings (SSSR count). The Kier molecular flexibility index (Phi) is 4.88. The fourth-order valence-corrected chi connectivity index (χ4v) is 2.82. The van der Waals surface area contributed by atoms with Crippen LogP contribution in [0.5, 0.6) is 0 Å². The second-order valence-electron chi connectivity index (χ2n) is 7.19. The Morgan fingerprint density at radius 3 is 2.30 bits per heavy atom. The molecule has 1 aromatic rings. The van der Waals surface area contributed by atoms with E-state index in [1.165, 1.54) is 12.1 Å². The van der Waals surface area contributed by atoms with Gasteiger partial charge in [0.1, 0.15) is 5.60 Å². The van der Waals surface area contributed by atoms with E-state index < -0.39 is 41.6 Å². The van der Waals surface area contributed by atoms with Crippen LogP contribution in [0.3, 0.4) is 0 Å². The number of imide groups is 1. The molecular formula is C18H20N2O7. The van der Waals surface area contributed by atoms with Gasteiger partial charge in [-0.2, -0.15) is 0 Å². The van der Waals surface area contributed by atoms with Crippen LogP contribution in [0.1, 0.15) is 47.9 Å². The van der Waals surface area contributed by atoms with E-state index in [0.717, 1.165) is 0 Å². The lowest BCUT2D eigenvalue weighted by Gasteiger charge is -2.23. The van der Waals surface area contributed by atoms with Crippen molar-refractivity contribution in [2.75, 3.05) is 6.61 Å². The number of hydrogen-bond donors (Lipinski definition) is 1. The molecule has 9 nitrogen and oxygen atoms in total. The van der Waals surface area contributed by atoms with Gasteiger partial charge in [-0.05, 0) is 39.3 Å². The molecule has 0 aromatic heterocycles. The second kappa shape index (κ2) is 6.99. The molecule has 3 amide bonds. The van der Waals surface area contributed by atoms with Crippen molar-refractivity contribution in [3.63, 3.8) is 0 Å². The zero-order chi connectivity index (χ0) is 19.8. The molecule has 2 atom stereocenters. The van der Waals surface area contributed by atoms with Crippen molar-refractivity contribution in [1.29, 1.82) is 0 Å². The van der Waals surface area contributed by atoms with Gasteiger partial charge in [-0.3, -0.25) is 9.59 Å². The standard InChI is InChI=1S/C18H20N2O7/c1-18(2,3)26-17(24)19-12-8-9-25-13(12)16(23)27-20-14(21)10-6-4-5-7-11(10)15(20)22/h4-7,12-13H,8-9H2,1-3H3,(H,19,24)/t12-,13+/m0/s1. The minimum atomic E-state index is -1.15. The fourth-order valence-electron chi connectivity index (χ4n) is 2.82. The van der Waals surface area contributed by atoms with Gasteiger partial charge in [0.2, 0.25) is 0 Å². The first-order valence-corrected chi connectivity index (χ1v) is 8.48. The summed E-state index contributed by atoms with van der Waals surface area (Å²) in [6.45, 7) is 5.35. The Labute approximate surface area is 155 Å². The van der Waals surface area contributed by atoms with Gasteiger partial charge in [-0.15, -0.1) is 0 Å². The number of benzene rings is 1. The molecule has 0 saturated carbocycles. The van der Waals surface area contributed by atoms with Gasteiger partial charge in [0, 0.05) is 6.61 Å². The summed E-state index contributed by atoms with van der Waals surface area (Å²) in [5.41, 5.74) is -0.378. The summed E-state index contributed by atoms with van der Waals surface area (Å²) in [5, 5.41) is 2.97. The Morgan fingerprint density at radius 2 is 1.74 bits per heavy atom. The molecule has 1 N–H and O–H groups in total. The van der Waals surface area contributed by atoms with Crippen LogP contribution in [-0.2, 0) is 19.1 Å². The van der Waals surface area contributed by atoms with Crippen LogP contribution in [0.15, 0.2) is 24.3 Å². The molecule has 27 heavy (non-hydrogen) atoms. The van der Waals surface area contributed by atoms with Gasteiger partial charge in [0.25, 0.3) is 11.8 Å². The second-order valence-corrected chi connectivity index (χ2v) is 7.19. The fraction of sp³-hybridized carbons (Fsp3) is 0.444. The Hall–Kier alpha value is -2.94. The first-order chi connectivity index (χ1) is 12.7. The SMILES string of the molecule is CC(C)(C)OC(=O)N[C@H]1CCO[C@H]1C(=O)ON1C(=O)c2ccccc2C1=O. The number of carbonyl (C=O) groups is 4. The maximum atomic E-state index is 12.4. The molecular weight excluding hydrogens is 356 g/mol. The number of fused-ring (bicyclic) bond motifs is 1.